The van der Waals surface area contributed by atoms with E-state index in [0.29, 0.717) is 16.9 Å². The molecule has 0 aliphatic heterocycles. The van der Waals surface area contributed by atoms with Crippen LogP contribution in [0.15, 0.2) is 24.4 Å². The van der Waals surface area contributed by atoms with E-state index >= 15 is 0 Å². The molecule has 1 aromatic heterocycles. The largest absolute Gasteiger partial charge is 0.504 e. The molecule has 0 atom stereocenters. The van der Waals surface area contributed by atoms with Crippen LogP contribution in [-0.2, 0) is 0 Å². The number of aromatic hydroxyl groups is 1. The molecule has 1 aromatic carbocycles. The lowest BCUT2D eigenvalue weighted by atomic mass is 10.1. The van der Waals surface area contributed by atoms with Gasteiger partial charge in [-0.15, -0.1) is 0 Å². The first-order valence-electron chi connectivity index (χ1n) is 3.97. The molecular weight excluding hydrogens is 185 g/mol. The standard InChI is InChI=1S/C9H8FN3O/c10-7-3-1-2-5(8(7)14)6-4-12-13-9(6)11/h1-4,14H,(H3,11,12,13). The van der Waals surface area contributed by atoms with Crippen molar-refractivity contribution in [3.63, 3.8) is 0 Å². The molecule has 0 unspecified atom stereocenters. The van der Waals surface area contributed by atoms with Crippen LogP contribution in [-0.4, -0.2) is 15.3 Å². The average Bonchev–Trinajstić information content (AvgIpc) is 2.57. The normalized spacial score (nSPS) is 10.4. The van der Waals surface area contributed by atoms with Crippen molar-refractivity contribution in [3.8, 4) is 16.9 Å². The van der Waals surface area contributed by atoms with E-state index in [1.807, 2.05) is 0 Å². The summed E-state index contributed by atoms with van der Waals surface area (Å²) in [5.41, 5.74) is 6.36. The van der Waals surface area contributed by atoms with Crippen molar-refractivity contribution in [2.24, 2.45) is 0 Å². The van der Waals surface area contributed by atoms with Crippen LogP contribution in [0.3, 0.4) is 0 Å². The highest BCUT2D eigenvalue weighted by Crippen LogP contribution is 2.33. The average molecular weight is 193 g/mol. The Labute approximate surface area is 79.2 Å². The van der Waals surface area contributed by atoms with Crippen molar-refractivity contribution < 1.29 is 9.50 Å². The number of nitrogen functional groups attached to an aromatic ring is 1. The molecule has 0 radical (unpaired) electrons. The minimum absolute atomic E-state index is 0.297. The Morgan fingerprint density at radius 2 is 2.14 bits per heavy atom. The SMILES string of the molecule is Nc1[nH]ncc1-c1cccc(F)c1O. The summed E-state index contributed by atoms with van der Waals surface area (Å²) < 4.78 is 13.0. The molecule has 0 saturated carbocycles. The number of phenolic OH excluding ortho intramolecular Hbond substituents is 1. The van der Waals surface area contributed by atoms with Crippen LogP contribution in [0.25, 0.3) is 11.1 Å². The topological polar surface area (TPSA) is 74.9 Å². The van der Waals surface area contributed by atoms with Gasteiger partial charge in [0.1, 0.15) is 5.82 Å². The first-order chi connectivity index (χ1) is 6.70. The maximum Gasteiger partial charge on any atom is 0.165 e. The lowest BCUT2D eigenvalue weighted by Gasteiger charge is -2.02. The van der Waals surface area contributed by atoms with Crippen LogP contribution in [0.5, 0.6) is 5.75 Å². The van der Waals surface area contributed by atoms with Gasteiger partial charge in [-0.2, -0.15) is 5.10 Å². The number of hydrogen-bond acceptors (Lipinski definition) is 3. The zero-order valence-corrected chi connectivity index (χ0v) is 7.16. The highest BCUT2D eigenvalue weighted by molar-refractivity contribution is 5.77. The fraction of sp³-hybridized carbons (Fsp3) is 0. The summed E-state index contributed by atoms with van der Waals surface area (Å²) in [5, 5.41) is 15.6. The molecule has 0 bridgehead atoms. The summed E-state index contributed by atoms with van der Waals surface area (Å²) >= 11 is 0. The highest BCUT2D eigenvalue weighted by atomic mass is 19.1. The molecule has 1 heterocycles. The summed E-state index contributed by atoms with van der Waals surface area (Å²) in [7, 11) is 0. The zero-order valence-electron chi connectivity index (χ0n) is 7.16. The summed E-state index contributed by atoms with van der Waals surface area (Å²) in [6, 6.07) is 4.24. The molecule has 72 valence electrons. The smallest absolute Gasteiger partial charge is 0.165 e. The molecule has 0 fully saturated rings. The van der Waals surface area contributed by atoms with E-state index in [1.165, 1.54) is 18.3 Å². The number of nitrogens with one attached hydrogen (secondary N) is 1. The highest BCUT2D eigenvalue weighted by Gasteiger charge is 2.11. The number of para-hydroxylation sites is 1. The molecule has 14 heavy (non-hydrogen) atoms. The first-order valence-corrected chi connectivity index (χ1v) is 3.97. The van der Waals surface area contributed by atoms with Gasteiger partial charge in [-0.1, -0.05) is 12.1 Å². The summed E-state index contributed by atoms with van der Waals surface area (Å²) in [5.74, 6) is -0.797. The molecule has 0 amide bonds. The molecule has 2 rings (SSSR count). The van der Waals surface area contributed by atoms with Crippen LogP contribution in [0.1, 0.15) is 0 Å². The van der Waals surface area contributed by atoms with Gasteiger partial charge in [0.05, 0.1) is 6.20 Å². The van der Waals surface area contributed by atoms with Crippen molar-refractivity contribution in [1.82, 2.24) is 10.2 Å². The van der Waals surface area contributed by atoms with Crippen LogP contribution >= 0.6 is 0 Å². The maximum atomic E-state index is 13.0. The van der Waals surface area contributed by atoms with Gasteiger partial charge in [0.2, 0.25) is 0 Å². The molecule has 2 aromatic rings. The van der Waals surface area contributed by atoms with Gasteiger partial charge in [0, 0.05) is 11.1 Å². The van der Waals surface area contributed by atoms with Crippen LogP contribution in [0.2, 0.25) is 0 Å². The number of H-pyrrole nitrogens is 1. The Kier molecular flexibility index (Phi) is 1.85. The second-order valence-corrected chi connectivity index (χ2v) is 2.83. The van der Waals surface area contributed by atoms with Crippen LogP contribution in [0.4, 0.5) is 10.2 Å². The molecule has 4 nitrogen and oxygen atoms in total. The number of aromatic nitrogens is 2. The Morgan fingerprint density at radius 3 is 2.79 bits per heavy atom. The zero-order chi connectivity index (χ0) is 10.1. The van der Waals surface area contributed by atoms with Gasteiger partial charge in [-0.05, 0) is 6.07 Å². The second-order valence-electron chi connectivity index (χ2n) is 2.83. The number of anilines is 1. The van der Waals surface area contributed by atoms with E-state index in [1.54, 1.807) is 6.07 Å². The predicted molar refractivity (Wildman–Crippen MR) is 50.1 cm³/mol. The monoisotopic (exact) mass is 193 g/mol. The van der Waals surface area contributed by atoms with Crippen LogP contribution < -0.4 is 5.73 Å². The first kappa shape index (κ1) is 8.55. The Morgan fingerprint density at radius 1 is 1.36 bits per heavy atom. The number of rotatable bonds is 1. The number of hydrogen-bond donors (Lipinski definition) is 3. The van der Waals surface area contributed by atoms with Gasteiger partial charge in [-0.3, -0.25) is 5.10 Å². The van der Waals surface area contributed by atoms with E-state index in [9.17, 15) is 9.50 Å². The summed E-state index contributed by atoms with van der Waals surface area (Å²) in [4.78, 5) is 0. The van der Waals surface area contributed by atoms with Gasteiger partial charge >= 0.3 is 0 Å². The number of benzene rings is 1. The van der Waals surface area contributed by atoms with Crippen LogP contribution in [0, 0.1) is 5.82 Å². The Bertz CT molecular complexity index is 467. The maximum absolute atomic E-state index is 13.0. The number of phenols is 1. The molecule has 0 aliphatic carbocycles. The molecule has 0 spiro atoms. The summed E-state index contributed by atoms with van der Waals surface area (Å²) in [6.07, 6.45) is 1.43. The van der Waals surface area contributed by atoms with E-state index in [4.69, 9.17) is 5.73 Å². The van der Waals surface area contributed by atoms with Gasteiger partial charge < -0.3 is 10.8 Å². The van der Waals surface area contributed by atoms with E-state index in [2.05, 4.69) is 10.2 Å². The van der Waals surface area contributed by atoms with Crippen molar-refractivity contribution in [2.75, 3.05) is 5.73 Å². The number of aromatic amines is 1. The number of halogens is 1. The van der Waals surface area contributed by atoms with E-state index in [-0.39, 0.29) is 0 Å². The van der Waals surface area contributed by atoms with E-state index < -0.39 is 11.6 Å². The fourth-order valence-electron chi connectivity index (χ4n) is 1.24. The minimum Gasteiger partial charge on any atom is -0.504 e. The Balaban J connectivity index is 2.63. The quantitative estimate of drug-likeness (QED) is 0.642. The molecule has 0 saturated heterocycles. The van der Waals surface area contributed by atoms with Gasteiger partial charge in [0.15, 0.2) is 11.6 Å². The third-order valence-electron chi connectivity index (χ3n) is 1.95. The third-order valence-corrected chi connectivity index (χ3v) is 1.95. The van der Waals surface area contributed by atoms with Gasteiger partial charge in [0.25, 0.3) is 0 Å². The molecule has 4 N–H and O–H groups in total. The third kappa shape index (κ3) is 1.19. The number of nitrogens with two attached hydrogens (primary N) is 1. The summed E-state index contributed by atoms with van der Waals surface area (Å²) in [6.45, 7) is 0. The lowest BCUT2D eigenvalue weighted by molar-refractivity contribution is 0.434. The van der Waals surface area contributed by atoms with Crippen molar-refractivity contribution in [3.05, 3.63) is 30.2 Å². The predicted octanol–water partition coefficient (Wildman–Crippen LogP) is 1.50. The van der Waals surface area contributed by atoms with E-state index in [0.717, 1.165) is 0 Å². The molecule has 5 heteroatoms. The second kappa shape index (κ2) is 3.02. The molecular formula is C9H8FN3O. The lowest BCUT2D eigenvalue weighted by Crippen LogP contribution is -1.88. The Hall–Kier alpha value is -2.04. The molecule has 0 aliphatic rings. The minimum atomic E-state index is -0.678. The van der Waals surface area contributed by atoms with Crippen molar-refractivity contribution in [1.29, 1.82) is 0 Å². The number of nitrogens with zero attached hydrogens (tertiary/aromatic N) is 1. The fourth-order valence-corrected chi connectivity index (χ4v) is 1.24. The van der Waals surface area contributed by atoms with Gasteiger partial charge in [-0.25, -0.2) is 4.39 Å². The van der Waals surface area contributed by atoms with Crippen molar-refractivity contribution in [2.45, 2.75) is 0 Å². The van der Waals surface area contributed by atoms with Crippen molar-refractivity contribution >= 4 is 5.82 Å².